The van der Waals surface area contributed by atoms with Crippen molar-refractivity contribution < 1.29 is 23.5 Å². The summed E-state index contributed by atoms with van der Waals surface area (Å²) in [5.74, 6) is -1.13. The highest BCUT2D eigenvalue weighted by molar-refractivity contribution is 5.88. The molecule has 4 atom stereocenters. The van der Waals surface area contributed by atoms with Gasteiger partial charge in [0.1, 0.15) is 6.04 Å². The van der Waals surface area contributed by atoms with Crippen LogP contribution in [0.1, 0.15) is 37.7 Å². The predicted molar refractivity (Wildman–Crippen MR) is 88.2 cm³/mol. The fourth-order valence-corrected chi connectivity index (χ4v) is 4.68. The van der Waals surface area contributed by atoms with Crippen LogP contribution in [-0.4, -0.2) is 29.5 Å². The van der Waals surface area contributed by atoms with Crippen molar-refractivity contribution in [2.24, 2.45) is 17.3 Å². The Balaban J connectivity index is 1.82. The van der Waals surface area contributed by atoms with Crippen molar-refractivity contribution in [2.75, 3.05) is 0 Å². The molecule has 0 saturated heterocycles. The number of rotatable bonds is 7. The van der Waals surface area contributed by atoms with Crippen LogP contribution in [0.25, 0.3) is 0 Å². The van der Waals surface area contributed by atoms with Crippen molar-refractivity contribution in [1.82, 2.24) is 5.32 Å². The van der Waals surface area contributed by atoms with E-state index in [-0.39, 0.29) is 11.8 Å². The third kappa shape index (κ3) is 3.67. The lowest BCUT2D eigenvalue weighted by Gasteiger charge is -2.37. The summed E-state index contributed by atoms with van der Waals surface area (Å²) >= 11 is 0. The van der Waals surface area contributed by atoms with E-state index in [2.05, 4.69) is 5.32 Å². The monoisotopic (exact) mass is 351 g/mol. The summed E-state index contributed by atoms with van der Waals surface area (Å²) in [5, 5.41) is 11.6. The van der Waals surface area contributed by atoms with Gasteiger partial charge in [-0.3, -0.25) is 4.79 Å². The zero-order chi connectivity index (χ0) is 18.0. The van der Waals surface area contributed by atoms with E-state index in [4.69, 9.17) is 0 Å². The van der Waals surface area contributed by atoms with Crippen LogP contribution < -0.4 is 5.32 Å². The number of amides is 1. The zero-order valence-corrected chi connectivity index (χ0v) is 14.0. The maximum Gasteiger partial charge on any atom is 0.326 e. The normalized spacial score (nSPS) is 28.9. The number of hydrogen-bond donors (Lipinski definition) is 2. The second-order valence-corrected chi connectivity index (χ2v) is 7.39. The molecule has 2 bridgehead atoms. The average Bonchev–Trinajstić information content (AvgIpc) is 3.16. The molecule has 25 heavy (non-hydrogen) atoms. The standard InChI is InChI=1S/C19H23F2NO3/c20-16(21)9-15(17(23)24)22-18(25)19(10-12-4-2-1-3-5-12)11-13-6-7-14(19)8-13/h1-5,13-16H,6-11H2,(H,22,25)(H,23,24). The lowest BCUT2D eigenvalue weighted by Crippen LogP contribution is -2.52. The van der Waals surface area contributed by atoms with E-state index in [9.17, 15) is 23.5 Å². The molecule has 0 aliphatic heterocycles. The van der Waals surface area contributed by atoms with Crippen LogP contribution >= 0.6 is 0 Å². The van der Waals surface area contributed by atoms with Gasteiger partial charge in [0.25, 0.3) is 0 Å². The lowest BCUT2D eigenvalue weighted by molar-refractivity contribution is -0.146. The average molecular weight is 351 g/mol. The van der Waals surface area contributed by atoms with Crippen LogP contribution in [0.4, 0.5) is 8.78 Å². The van der Waals surface area contributed by atoms with E-state index in [1.165, 1.54) is 0 Å². The number of halogens is 2. The van der Waals surface area contributed by atoms with Crippen molar-refractivity contribution >= 4 is 11.9 Å². The Kier molecular flexibility index (Phi) is 5.06. The molecule has 2 fully saturated rings. The molecule has 136 valence electrons. The molecule has 4 nitrogen and oxygen atoms in total. The van der Waals surface area contributed by atoms with Gasteiger partial charge in [-0.15, -0.1) is 0 Å². The highest BCUT2D eigenvalue weighted by Gasteiger charge is 2.55. The number of carbonyl (C=O) groups is 2. The van der Waals surface area contributed by atoms with Crippen LogP contribution in [0.15, 0.2) is 30.3 Å². The first-order valence-corrected chi connectivity index (χ1v) is 8.76. The van der Waals surface area contributed by atoms with Gasteiger partial charge >= 0.3 is 5.97 Å². The molecule has 0 aromatic heterocycles. The number of benzene rings is 1. The Morgan fingerprint density at radius 1 is 1.24 bits per heavy atom. The van der Waals surface area contributed by atoms with Gasteiger partial charge in [0.2, 0.25) is 12.3 Å². The van der Waals surface area contributed by atoms with Gasteiger partial charge < -0.3 is 10.4 Å². The van der Waals surface area contributed by atoms with E-state index in [0.29, 0.717) is 18.8 Å². The van der Waals surface area contributed by atoms with Crippen LogP contribution in [0.3, 0.4) is 0 Å². The van der Waals surface area contributed by atoms with Crippen molar-refractivity contribution in [3.63, 3.8) is 0 Å². The molecule has 0 spiro atoms. The summed E-state index contributed by atoms with van der Waals surface area (Å²) in [6.45, 7) is 0. The van der Waals surface area contributed by atoms with Gasteiger partial charge in [0, 0.05) is 6.42 Å². The van der Waals surface area contributed by atoms with Crippen LogP contribution in [0.5, 0.6) is 0 Å². The molecule has 6 heteroatoms. The Bertz CT molecular complexity index is 637. The topological polar surface area (TPSA) is 66.4 Å². The van der Waals surface area contributed by atoms with Gasteiger partial charge in [0.05, 0.1) is 5.41 Å². The van der Waals surface area contributed by atoms with Crippen molar-refractivity contribution in [3.05, 3.63) is 35.9 Å². The molecule has 2 aliphatic rings. The van der Waals surface area contributed by atoms with Gasteiger partial charge in [0.15, 0.2) is 0 Å². The molecule has 1 aromatic carbocycles. The molecule has 2 saturated carbocycles. The minimum absolute atomic E-state index is 0.193. The molecule has 3 rings (SSSR count). The molecule has 0 heterocycles. The summed E-state index contributed by atoms with van der Waals surface area (Å²) in [7, 11) is 0. The Labute approximate surface area is 145 Å². The van der Waals surface area contributed by atoms with E-state index < -0.39 is 30.3 Å². The van der Waals surface area contributed by atoms with Gasteiger partial charge in [-0.05, 0) is 43.1 Å². The largest absolute Gasteiger partial charge is 0.480 e. The van der Waals surface area contributed by atoms with Gasteiger partial charge in [-0.2, -0.15) is 0 Å². The maximum atomic E-state index is 13.0. The zero-order valence-electron chi connectivity index (χ0n) is 14.0. The third-order valence-corrected chi connectivity index (χ3v) is 5.81. The maximum absolute atomic E-state index is 13.0. The van der Waals surface area contributed by atoms with E-state index in [1.807, 2.05) is 30.3 Å². The predicted octanol–water partition coefficient (Wildman–Crippen LogP) is 3.26. The molecule has 1 amide bonds. The number of carbonyl (C=O) groups excluding carboxylic acids is 1. The number of aliphatic carboxylic acids is 1. The number of carboxylic acid groups (broad SMARTS) is 1. The molecular formula is C19H23F2NO3. The number of carboxylic acids is 1. The summed E-state index contributed by atoms with van der Waals surface area (Å²) in [4.78, 5) is 24.3. The van der Waals surface area contributed by atoms with Gasteiger partial charge in [-0.1, -0.05) is 36.8 Å². The molecule has 4 unspecified atom stereocenters. The fraction of sp³-hybridized carbons (Fsp3) is 0.579. The summed E-state index contributed by atoms with van der Waals surface area (Å²) in [5.41, 5.74) is 0.339. The first kappa shape index (κ1) is 17.8. The van der Waals surface area contributed by atoms with Gasteiger partial charge in [-0.25, -0.2) is 13.6 Å². The molecule has 2 N–H and O–H groups in total. The molecular weight excluding hydrogens is 328 g/mol. The van der Waals surface area contributed by atoms with E-state index in [1.54, 1.807) is 0 Å². The summed E-state index contributed by atoms with van der Waals surface area (Å²) < 4.78 is 25.3. The number of nitrogens with one attached hydrogen (secondary N) is 1. The second kappa shape index (κ2) is 7.10. The molecule has 2 aliphatic carbocycles. The summed E-state index contributed by atoms with van der Waals surface area (Å²) in [6, 6.07) is 8.08. The summed E-state index contributed by atoms with van der Waals surface area (Å²) in [6.07, 6.45) is 0.599. The van der Waals surface area contributed by atoms with Crippen LogP contribution in [0.2, 0.25) is 0 Å². The smallest absolute Gasteiger partial charge is 0.326 e. The minimum atomic E-state index is -2.77. The Morgan fingerprint density at radius 3 is 2.48 bits per heavy atom. The number of fused-ring (bicyclic) bond motifs is 2. The van der Waals surface area contributed by atoms with Crippen molar-refractivity contribution in [3.8, 4) is 0 Å². The van der Waals surface area contributed by atoms with E-state index >= 15 is 0 Å². The van der Waals surface area contributed by atoms with Crippen LogP contribution in [-0.2, 0) is 16.0 Å². The highest BCUT2D eigenvalue weighted by atomic mass is 19.3. The Morgan fingerprint density at radius 2 is 1.96 bits per heavy atom. The first-order chi connectivity index (χ1) is 11.9. The van der Waals surface area contributed by atoms with E-state index in [0.717, 1.165) is 24.8 Å². The first-order valence-electron chi connectivity index (χ1n) is 8.76. The second-order valence-electron chi connectivity index (χ2n) is 7.39. The SMILES string of the molecule is O=C(O)C(CC(F)F)NC(=O)C1(Cc2ccccc2)CC2CCC1C2. The molecule has 0 radical (unpaired) electrons. The fourth-order valence-electron chi connectivity index (χ4n) is 4.68. The number of alkyl halides is 2. The van der Waals surface area contributed by atoms with Crippen LogP contribution in [0, 0.1) is 17.3 Å². The van der Waals surface area contributed by atoms with Crippen molar-refractivity contribution in [2.45, 2.75) is 51.0 Å². The highest BCUT2D eigenvalue weighted by Crippen LogP contribution is 2.57. The minimum Gasteiger partial charge on any atom is -0.480 e. The lowest BCUT2D eigenvalue weighted by atomic mass is 9.68. The third-order valence-electron chi connectivity index (χ3n) is 5.81. The molecule has 1 aromatic rings. The van der Waals surface area contributed by atoms with Crippen molar-refractivity contribution in [1.29, 1.82) is 0 Å². The number of hydrogen-bond acceptors (Lipinski definition) is 2. The Hall–Kier alpha value is -1.98. The quantitative estimate of drug-likeness (QED) is 0.792.